The van der Waals surface area contributed by atoms with Crippen LogP contribution in [0.3, 0.4) is 0 Å². The highest BCUT2D eigenvalue weighted by Crippen LogP contribution is 2.23. The molecule has 4 nitrogen and oxygen atoms in total. The molecule has 4 heteroatoms. The highest BCUT2D eigenvalue weighted by Gasteiger charge is 2.29. The van der Waals surface area contributed by atoms with Gasteiger partial charge in [0.1, 0.15) is 0 Å². The van der Waals surface area contributed by atoms with Gasteiger partial charge in [0, 0.05) is 45.3 Å². The van der Waals surface area contributed by atoms with Crippen molar-refractivity contribution in [1.82, 2.24) is 15.1 Å². The Morgan fingerprint density at radius 1 is 1.00 bits per heavy atom. The van der Waals surface area contributed by atoms with E-state index < -0.39 is 0 Å². The Bertz CT molecular complexity index is 338. The molecule has 25 heavy (non-hydrogen) atoms. The van der Waals surface area contributed by atoms with Crippen LogP contribution in [0.2, 0.25) is 0 Å². The molecule has 0 aromatic carbocycles. The Kier molecular flexibility index (Phi) is 9.75. The van der Waals surface area contributed by atoms with Crippen molar-refractivity contribution in [3.05, 3.63) is 0 Å². The summed E-state index contributed by atoms with van der Waals surface area (Å²) in [6.45, 7) is 18.6. The molecule has 1 aliphatic heterocycles. The number of hydrogen-bond acceptors (Lipinski definition) is 4. The summed E-state index contributed by atoms with van der Waals surface area (Å²) in [6, 6.07) is 0.702. The lowest BCUT2D eigenvalue weighted by Crippen LogP contribution is -2.49. The summed E-state index contributed by atoms with van der Waals surface area (Å²) in [5.74, 6) is 1.64. The van der Waals surface area contributed by atoms with Gasteiger partial charge in [0.25, 0.3) is 0 Å². The second-order valence-corrected chi connectivity index (χ2v) is 8.62. The van der Waals surface area contributed by atoms with Crippen LogP contribution in [0.25, 0.3) is 0 Å². The van der Waals surface area contributed by atoms with E-state index in [0.29, 0.717) is 12.1 Å². The van der Waals surface area contributed by atoms with E-state index in [2.05, 4.69) is 42.8 Å². The highest BCUT2D eigenvalue weighted by atomic mass is 16.5. The SMILES string of the molecule is CCCC(C)CN1CCN(CCO[C@H]2C[C@H](NCC(C)CC)C2)CC1. The molecule has 1 heterocycles. The van der Waals surface area contributed by atoms with Crippen molar-refractivity contribution in [1.29, 1.82) is 0 Å². The molecular weight excluding hydrogens is 310 g/mol. The van der Waals surface area contributed by atoms with Gasteiger partial charge in [-0.05, 0) is 37.6 Å². The van der Waals surface area contributed by atoms with E-state index in [1.165, 1.54) is 64.8 Å². The standard InChI is InChI=1S/C21H43N3O/c1-5-7-19(4)17-24-10-8-23(9-11-24)12-13-25-21-14-20(15-21)22-16-18(3)6-2/h18-22H,5-17H2,1-4H3/t18?,19?,20-,21-. The summed E-state index contributed by atoms with van der Waals surface area (Å²) < 4.78 is 6.07. The van der Waals surface area contributed by atoms with Gasteiger partial charge >= 0.3 is 0 Å². The first kappa shape index (κ1) is 21.1. The number of piperazine rings is 1. The monoisotopic (exact) mass is 353 g/mol. The number of nitrogens with zero attached hydrogens (tertiary/aromatic N) is 2. The predicted octanol–water partition coefficient (Wildman–Crippen LogP) is 3.22. The lowest BCUT2D eigenvalue weighted by atomic mass is 9.89. The predicted molar refractivity (Wildman–Crippen MR) is 107 cm³/mol. The second-order valence-electron chi connectivity index (χ2n) is 8.62. The van der Waals surface area contributed by atoms with Crippen molar-refractivity contribution in [2.45, 2.75) is 71.9 Å². The zero-order chi connectivity index (χ0) is 18.1. The highest BCUT2D eigenvalue weighted by molar-refractivity contribution is 4.86. The van der Waals surface area contributed by atoms with Crippen LogP contribution in [0.15, 0.2) is 0 Å². The van der Waals surface area contributed by atoms with Gasteiger partial charge in [-0.25, -0.2) is 0 Å². The fraction of sp³-hybridized carbons (Fsp3) is 1.00. The molecule has 1 aliphatic carbocycles. The molecule has 2 fully saturated rings. The normalized spacial score (nSPS) is 27.8. The van der Waals surface area contributed by atoms with Gasteiger partial charge in [0.2, 0.25) is 0 Å². The Balaban J connectivity index is 1.45. The van der Waals surface area contributed by atoms with Gasteiger partial charge in [0.05, 0.1) is 12.7 Å². The Labute approximate surface area is 156 Å². The Hall–Kier alpha value is -0.160. The maximum absolute atomic E-state index is 6.07. The average molecular weight is 354 g/mol. The van der Waals surface area contributed by atoms with Gasteiger partial charge in [-0.15, -0.1) is 0 Å². The lowest BCUT2D eigenvalue weighted by molar-refractivity contribution is -0.0285. The molecule has 0 spiro atoms. The minimum atomic E-state index is 0.505. The number of hydrogen-bond donors (Lipinski definition) is 1. The molecule has 2 rings (SSSR count). The Morgan fingerprint density at radius 3 is 2.32 bits per heavy atom. The van der Waals surface area contributed by atoms with Crippen molar-refractivity contribution < 1.29 is 4.74 Å². The molecular formula is C21H43N3O. The molecule has 0 bridgehead atoms. The molecule has 148 valence electrons. The van der Waals surface area contributed by atoms with Crippen molar-refractivity contribution in [2.75, 3.05) is 52.4 Å². The molecule has 2 atom stereocenters. The third-order valence-electron chi connectivity index (χ3n) is 6.12. The topological polar surface area (TPSA) is 27.7 Å². The zero-order valence-corrected chi connectivity index (χ0v) is 17.3. The van der Waals surface area contributed by atoms with E-state index >= 15 is 0 Å². The largest absolute Gasteiger partial charge is 0.377 e. The van der Waals surface area contributed by atoms with Crippen LogP contribution >= 0.6 is 0 Å². The fourth-order valence-corrected chi connectivity index (χ4v) is 3.95. The zero-order valence-electron chi connectivity index (χ0n) is 17.3. The van der Waals surface area contributed by atoms with E-state index in [1.807, 2.05) is 0 Å². The molecule has 0 radical (unpaired) electrons. The van der Waals surface area contributed by atoms with Gasteiger partial charge in [-0.2, -0.15) is 0 Å². The maximum Gasteiger partial charge on any atom is 0.0605 e. The minimum absolute atomic E-state index is 0.505. The first-order chi connectivity index (χ1) is 12.1. The summed E-state index contributed by atoms with van der Waals surface area (Å²) >= 11 is 0. The van der Waals surface area contributed by atoms with Crippen LogP contribution in [-0.4, -0.2) is 74.4 Å². The molecule has 0 aromatic heterocycles. The quantitative estimate of drug-likeness (QED) is 0.583. The summed E-state index contributed by atoms with van der Waals surface area (Å²) in [5.41, 5.74) is 0. The third-order valence-corrected chi connectivity index (χ3v) is 6.12. The van der Waals surface area contributed by atoms with Gasteiger partial charge in [0.15, 0.2) is 0 Å². The van der Waals surface area contributed by atoms with E-state index in [4.69, 9.17) is 4.74 Å². The van der Waals surface area contributed by atoms with Gasteiger partial charge in [-0.1, -0.05) is 40.5 Å². The maximum atomic E-state index is 6.07. The minimum Gasteiger partial charge on any atom is -0.377 e. The van der Waals surface area contributed by atoms with Crippen LogP contribution < -0.4 is 5.32 Å². The van der Waals surface area contributed by atoms with Gasteiger partial charge < -0.3 is 15.0 Å². The fourth-order valence-electron chi connectivity index (χ4n) is 3.95. The smallest absolute Gasteiger partial charge is 0.0605 e. The summed E-state index contributed by atoms with van der Waals surface area (Å²) in [5, 5.41) is 3.67. The molecule has 1 saturated carbocycles. The van der Waals surface area contributed by atoms with Crippen LogP contribution in [-0.2, 0) is 4.74 Å². The van der Waals surface area contributed by atoms with Crippen molar-refractivity contribution in [3.8, 4) is 0 Å². The van der Waals surface area contributed by atoms with Crippen LogP contribution in [0.5, 0.6) is 0 Å². The van der Waals surface area contributed by atoms with Gasteiger partial charge in [-0.3, -0.25) is 4.90 Å². The lowest BCUT2D eigenvalue weighted by Gasteiger charge is -2.38. The molecule has 2 unspecified atom stereocenters. The van der Waals surface area contributed by atoms with Crippen LogP contribution in [0.1, 0.15) is 59.8 Å². The summed E-state index contributed by atoms with van der Waals surface area (Å²) in [4.78, 5) is 5.23. The van der Waals surface area contributed by atoms with E-state index in [9.17, 15) is 0 Å². The Morgan fingerprint density at radius 2 is 1.68 bits per heavy atom. The second kappa shape index (κ2) is 11.5. The van der Waals surface area contributed by atoms with E-state index in [-0.39, 0.29) is 0 Å². The number of rotatable bonds is 12. The summed E-state index contributed by atoms with van der Waals surface area (Å²) in [6.07, 6.45) is 6.87. The molecule has 1 saturated heterocycles. The molecule has 1 N–H and O–H groups in total. The molecule has 0 aromatic rings. The van der Waals surface area contributed by atoms with Crippen LogP contribution in [0.4, 0.5) is 0 Å². The number of nitrogens with one attached hydrogen (secondary N) is 1. The summed E-state index contributed by atoms with van der Waals surface area (Å²) in [7, 11) is 0. The first-order valence-electron chi connectivity index (χ1n) is 10.9. The van der Waals surface area contributed by atoms with E-state index in [0.717, 1.165) is 31.5 Å². The third kappa shape index (κ3) is 7.94. The van der Waals surface area contributed by atoms with Crippen molar-refractivity contribution in [3.63, 3.8) is 0 Å². The molecule has 2 aliphatic rings. The number of ether oxygens (including phenoxy) is 1. The van der Waals surface area contributed by atoms with Crippen LogP contribution in [0, 0.1) is 11.8 Å². The van der Waals surface area contributed by atoms with Crippen molar-refractivity contribution >= 4 is 0 Å². The molecule has 0 amide bonds. The average Bonchev–Trinajstić information content (AvgIpc) is 2.57. The van der Waals surface area contributed by atoms with E-state index in [1.54, 1.807) is 0 Å². The first-order valence-corrected chi connectivity index (χ1v) is 10.9. The van der Waals surface area contributed by atoms with Crippen molar-refractivity contribution in [2.24, 2.45) is 11.8 Å².